The molecule has 5 rings (SSSR count). The van der Waals surface area contributed by atoms with E-state index in [2.05, 4.69) is 15.6 Å². The smallest absolute Gasteiger partial charge is 0.417 e. The van der Waals surface area contributed by atoms with Crippen molar-refractivity contribution in [1.29, 1.82) is 0 Å². The van der Waals surface area contributed by atoms with Crippen LogP contribution in [0.4, 0.5) is 18.0 Å². The number of imide groups is 1. The van der Waals surface area contributed by atoms with Crippen LogP contribution >= 0.6 is 0 Å². The van der Waals surface area contributed by atoms with Gasteiger partial charge in [0.15, 0.2) is 5.54 Å². The molecule has 4 amide bonds. The third-order valence-corrected chi connectivity index (χ3v) is 6.33. The van der Waals surface area contributed by atoms with Gasteiger partial charge >= 0.3 is 12.2 Å². The number of halogens is 3. The lowest BCUT2D eigenvalue weighted by molar-refractivity contribution is -0.137. The monoisotopic (exact) mass is 496 g/mol. The second-order valence-corrected chi connectivity index (χ2v) is 8.51. The molecule has 8 nitrogen and oxygen atoms in total. The molecule has 0 radical (unpaired) electrons. The average molecular weight is 496 g/mol. The normalized spacial score (nSPS) is 19.2. The van der Waals surface area contributed by atoms with E-state index in [0.29, 0.717) is 28.1 Å². The minimum atomic E-state index is -4.49. The number of amides is 4. The van der Waals surface area contributed by atoms with Gasteiger partial charge in [-0.3, -0.25) is 19.9 Å². The number of methoxy groups -OCH3 is 1. The van der Waals surface area contributed by atoms with Crippen LogP contribution in [0, 0.1) is 0 Å². The largest absolute Gasteiger partial charge is 0.497 e. The zero-order valence-corrected chi connectivity index (χ0v) is 18.8. The van der Waals surface area contributed by atoms with E-state index in [-0.39, 0.29) is 19.0 Å². The number of nitrogens with zero attached hydrogens (tertiary/aromatic N) is 2. The fraction of sp³-hybridized carbons (Fsp3) is 0.200. The number of fused-ring (bicyclic) bond motifs is 1. The summed E-state index contributed by atoms with van der Waals surface area (Å²) in [5.41, 5.74) is 0.0448. The molecule has 11 heteroatoms. The molecule has 36 heavy (non-hydrogen) atoms. The summed E-state index contributed by atoms with van der Waals surface area (Å²) in [6, 6.07) is 13.0. The maximum atomic E-state index is 13.1. The molecule has 0 saturated carbocycles. The van der Waals surface area contributed by atoms with E-state index in [1.165, 1.54) is 18.1 Å². The number of carbonyl (C=O) groups excluding carboxylic acids is 3. The predicted molar refractivity (Wildman–Crippen MR) is 121 cm³/mol. The van der Waals surface area contributed by atoms with Gasteiger partial charge in [0.2, 0.25) is 0 Å². The first-order chi connectivity index (χ1) is 17.1. The Bertz CT molecular complexity index is 1370. The highest BCUT2D eigenvalue weighted by Gasteiger charge is 2.50. The lowest BCUT2D eigenvalue weighted by Crippen LogP contribution is -2.52. The molecule has 2 aliphatic rings. The zero-order chi connectivity index (χ0) is 25.7. The first-order valence-corrected chi connectivity index (χ1v) is 10.8. The van der Waals surface area contributed by atoms with Crippen LogP contribution in [0.25, 0.3) is 11.3 Å². The van der Waals surface area contributed by atoms with Crippen molar-refractivity contribution in [1.82, 2.24) is 20.5 Å². The van der Waals surface area contributed by atoms with E-state index >= 15 is 0 Å². The number of pyridine rings is 1. The van der Waals surface area contributed by atoms with Gasteiger partial charge in [-0.25, -0.2) is 4.79 Å². The number of benzene rings is 2. The molecule has 0 aliphatic carbocycles. The van der Waals surface area contributed by atoms with Gasteiger partial charge in [-0.15, -0.1) is 0 Å². The van der Waals surface area contributed by atoms with E-state index in [9.17, 15) is 27.6 Å². The molecule has 2 aromatic carbocycles. The summed E-state index contributed by atoms with van der Waals surface area (Å²) in [4.78, 5) is 43.6. The van der Waals surface area contributed by atoms with Crippen molar-refractivity contribution in [2.75, 3.05) is 13.7 Å². The third kappa shape index (κ3) is 3.92. The number of hydrogen-bond donors (Lipinski definition) is 2. The van der Waals surface area contributed by atoms with Crippen LogP contribution in [0.3, 0.4) is 0 Å². The summed E-state index contributed by atoms with van der Waals surface area (Å²) in [6.07, 6.45) is -3.74. The zero-order valence-electron chi connectivity index (χ0n) is 18.8. The highest BCUT2D eigenvalue weighted by atomic mass is 19.4. The SMILES string of the molecule is COc1ccc2c(c1)C(=O)N(CC1(c3ccc(-c4ccc(C(F)(F)F)cn4)cc3)NC(=O)NC1=O)C2. The number of carbonyl (C=O) groups is 3. The molecular formula is C25H19F3N4O4. The van der Waals surface area contributed by atoms with Crippen molar-refractivity contribution in [2.45, 2.75) is 18.3 Å². The van der Waals surface area contributed by atoms with E-state index in [1.807, 2.05) is 0 Å². The highest BCUT2D eigenvalue weighted by Crippen LogP contribution is 2.34. The minimum absolute atomic E-state index is 0.127. The average Bonchev–Trinajstić information content (AvgIpc) is 3.33. The maximum absolute atomic E-state index is 13.1. The van der Waals surface area contributed by atoms with Crippen molar-refractivity contribution in [3.63, 3.8) is 0 Å². The number of urea groups is 1. The van der Waals surface area contributed by atoms with Crippen molar-refractivity contribution >= 4 is 17.8 Å². The Morgan fingerprint density at radius 3 is 2.39 bits per heavy atom. The van der Waals surface area contributed by atoms with Crippen LogP contribution < -0.4 is 15.4 Å². The van der Waals surface area contributed by atoms with Gasteiger partial charge in [0.1, 0.15) is 5.75 Å². The van der Waals surface area contributed by atoms with Gasteiger partial charge in [-0.05, 0) is 35.4 Å². The topological polar surface area (TPSA) is 101 Å². The third-order valence-electron chi connectivity index (χ3n) is 6.33. The fourth-order valence-corrected chi connectivity index (χ4v) is 4.44. The Morgan fingerprint density at radius 2 is 1.81 bits per heavy atom. The summed E-state index contributed by atoms with van der Waals surface area (Å²) >= 11 is 0. The molecular weight excluding hydrogens is 477 g/mol. The fourth-order valence-electron chi connectivity index (χ4n) is 4.44. The van der Waals surface area contributed by atoms with Gasteiger partial charge in [-0.1, -0.05) is 30.3 Å². The Morgan fingerprint density at radius 1 is 1.06 bits per heavy atom. The van der Waals surface area contributed by atoms with Gasteiger partial charge in [0.05, 0.1) is 24.9 Å². The Kier molecular flexibility index (Phi) is 5.42. The van der Waals surface area contributed by atoms with Crippen LogP contribution in [-0.2, 0) is 23.1 Å². The van der Waals surface area contributed by atoms with E-state index in [1.54, 1.807) is 42.5 Å². The molecule has 0 spiro atoms. The number of alkyl halides is 3. The number of rotatable bonds is 5. The molecule has 2 N–H and O–H groups in total. The van der Waals surface area contributed by atoms with Crippen LogP contribution in [0.5, 0.6) is 5.75 Å². The second kappa shape index (κ2) is 8.36. The lowest BCUT2D eigenvalue weighted by Gasteiger charge is -2.31. The van der Waals surface area contributed by atoms with Gasteiger partial charge in [-0.2, -0.15) is 13.2 Å². The van der Waals surface area contributed by atoms with Crippen LogP contribution in [0.15, 0.2) is 60.8 Å². The van der Waals surface area contributed by atoms with Crippen molar-refractivity contribution in [2.24, 2.45) is 0 Å². The Labute approximate surface area is 203 Å². The van der Waals surface area contributed by atoms with Crippen LogP contribution in [0.1, 0.15) is 27.0 Å². The van der Waals surface area contributed by atoms with Crippen LogP contribution in [0.2, 0.25) is 0 Å². The number of hydrogen-bond acceptors (Lipinski definition) is 5. The predicted octanol–water partition coefficient (Wildman–Crippen LogP) is 3.47. The number of ether oxygens (including phenoxy) is 1. The van der Waals surface area contributed by atoms with Crippen molar-refractivity contribution < 1.29 is 32.3 Å². The standard InChI is InChI=1S/C25H19F3N4O4/c1-36-18-8-4-15-12-32(21(33)19(15)10-18)13-24(22(34)30-23(35)31-24)16-5-2-14(3-6-16)20-9-7-17(11-29-20)25(26,27)28/h2-11H,12-13H2,1H3,(H2,30,31,34,35). The molecule has 1 aromatic heterocycles. The molecule has 1 atom stereocenters. The van der Waals surface area contributed by atoms with Gasteiger partial charge < -0.3 is 15.0 Å². The summed E-state index contributed by atoms with van der Waals surface area (Å²) in [7, 11) is 1.50. The van der Waals surface area contributed by atoms with Crippen molar-refractivity contribution in [3.05, 3.63) is 83.0 Å². The van der Waals surface area contributed by atoms with E-state index in [4.69, 9.17) is 4.74 Å². The first kappa shape index (κ1) is 23.3. The molecule has 3 heterocycles. The first-order valence-electron chi connectivity index (χ1n) is 10.8. The summed E-state index contributed by atoms with van der Waals surface area (Å²) in [5.74, 6) is -0.393. The summed E-state index contributed by atoms with van der Waals surface area (Å²) in [5, 5.41) is 4.89. The van der Waals surface area contributed by atoms with E-state index < -0.39 is 29.2 Å². The highest BCUT2D eigenvalue weighted by molar-refractivity contribution is 6.08. The van der Waals surface area contributed by atoms with Crippen LogP contribution in [-0.4, -0.2) is 41.4 Å². The molecule has 1 fully saturated rings. The maximum Gasteiger partial charge on any atom is 0.417 e. The quantitative estimate of drug-likeness (QED) is 0.527. The summed E-state index contributed by atoms with van der Waals surface area (Å²) < 4.78 is 43.7. The van der Waals surface area contributed by atoms with Gasteiger partial charge in [0.25, 0.3) is 11.8 Å². The Balaban J connectivity index is 1.44. The number of nitrogens with one attached hydrogen (secondary N) is 2. The molecule has 1 unspecified atom stereocenters. The second-order valence-electron chi connectivity index (χ2n) is 8.51. The molecule has 0 bridgehead atoms. The number of aromatic nitrogens is 1. The molecule has 184 valence electrons. The van der Waals surface area contributed by atoms with Gasteiger partial charge in [0, 0.05) is 23.9 Å². The minimum Gasteiger partial charge on any atom is -0.497 e. The Hall–Kier alpha value is -4.41. The lowest BCUT2D eigenvalue weighted by atomic mass is 9.88. The van der Waals surface area contributed by atoms with E-state index in [0.717, 1.165) is 17.8 Å². The van der Waals surface area contributed by atoms with Crippen molar-refractivity contribution in [3.8, 4) is 17.0 Å². The summed E-state index contributed by atoms with van der Waals surface area (Å²) in [6.45, 7) is 0.120. The molecule has 1 saturated heterocycles. The molecule has 2 aliphatic heterocycles. The molecule has 3 aromatic rings.